The van der Waals surface area contributed by atoms with E-state index < -0.39 is 0 Å². The number of nitrogens with zero attached hydrogens (tertiary/aromatic N) is 5. The number of aryl methyl sites for hydroxylation is 2. The van der Waals surface area contributed by atoms with E-state index in [2.05, 4.69) is 24.0 Å². The Morgan fingerprint density at radius 3 is 2.67 bits per heavy atom. The van der Waals surface area contributed by atoms with E-state index in [4.69, 9.17) is 0 Å². The van der Waals surface area contributed by atoms with Crippen molar-refractivity contribution in [2.24, 2.45) is 12.5 Å². The minimum atomic E-state index is -0.357. The Morgan fingerprint density at radius 2 is 1.93 bits per heavy atom. The van der Waals surface area contributed by atoms with Gasteiger partial charge in [-0.15, -0.1) is 0 Å². The van der Waals surface area contributed by atoms with Crippen molar-refractivity contribution in [3.8, 4) is 0 Å². The van der Waals surface area contributed by atoms with Crippen LogP contribution < -0.4 is 0 Å². The van der Waals surface area contributed by atoms with E-state index >= 15 is 0 Å². The first-order chi connectivity index (χ1) is 14.4. The molecule has 1 spiro atoms. The summed E-state index contributed by atoms with van der Waals surface area (Å²) < 4.78 is 3.63. The molecule has 0 unspecified atom stereocenters. The third-order valence-electron chi connectivity index (χ3n) is 6.80. The summed E-state index contributed by atoms with van der Waals surface area (Å²) in [4.78, 5) is 28.5. The van der Waals surface area contributed by atoms with Crippen LogP contribution in [0.3, 0.4) is 0 Å². The Balaban J connectivity index is 1.34. The molecular weight excluding hydrogens is 378 g/mol. The number of amides is 1. The molecule has 0 N–H and O–H groups in total. The number of likely N-dealkylation sites (tertiary alicyclic amines) is 1. The SMILES string of the molecule is CC(C)n1ncc2c1C(=O)C1(CC2)CCN(C(=O)c2ccc3nn(C)cc3c2)CC1. The van der Waals surface area contributed by atoms with Gasteiger partial charge in [0.2, 0.25) is 0 Å². The molecule has 2 aliphatic rings. The van der Waals surface area contributed by atoms with Crippen LogP contribution in [-0.2, 0) is 13.5 Å². The van der Waals surface area contributed by atoms with E-state index in [0.29, 0.717) is 18.7 Å². The van der Waals surface area contributed by atoms with Crippen molar-refractivity contribution < 1.29 is 9.59 Å². The van der Waals surface area contributed by atoms with Crippen LogP contribution in [0, 0.1) is 5.41 Å². The lowest BCUT2D eigenvalue weighted by Crippen LogP contribution is -2.48. The summed E-state index contributed by atoms with van der Waals surface area (Å²) in [6, 6.07) is 5.82. The first-order valence-electron chi connectivity index (χ1n) is 10.7. The molecule has 1 aliphatic heterocycles. The van der Waals surface area contributed by atoms with Gasteiger partial charge in [-0.2, -0.15) is 10.2 Å². The van der Waals surface area contributed by atoms with E-state index in [1.807, 2.05) is 47.2 Å². The van der Waals surface area contributed by atoms with Gasteiger partial charge in [-0.05, 0) is 57.7 Å². The molecule has 1 saturated heterocycles. The normalized spacial score (nSPS) is 18.4. The van der Waals surface area contributed by atoms with Gasteiger partial charge in [0.25, 0.3) is 5.91 Å². The predicted octanol–water partition coefficient (Wildman–Crippen LogP) is 3.40. The number of fused-ring (bicyclic) bond motifs is 2. The Morgan fingerprint density at radius 1 is 1.17 bits per heavy atom. The van der Waals surface area contributed by atoms with Crippen molar-refractivity contribution in [1.82, 2.24) is 24.5 Å². The highest BCUT2D eigenvalue weighted by molar-refractivity contribution is 6.02. The van der Waals surface area contributed by atoms with E-state index in [0.717, 1.165) is 47.8 Å². The average molecular weight is 406 g/mol. The van der Waals surface area contributed by atoms with E-state index in [9.17, 15) is 9.59 Å². The summed E-state index contributed by atoms with van der Waals surface area (Å²) in [6.45, 7) is 5.34. The van der Waals surface area contributed by atoms with Crippen LogP contribution in [0.5, 0.6) is 0 Å². The molecule has 0 atom stereocenters. The van der Waals surface area contributed by atoms with Crippen molar-refractivity contribution >= 4 is 22.6 Å². The third-order valence-corrected chi connectivity index (χ3v) is 6.80. The highest BCUT2D eigenvalue weighted by Crippen LogP contribution is 2.44. The molecule has 0 bridgehead atoms. The maximum Gasteiger partial charge on any atom is 0.253 e. The highest BCUT2D eigenvalue weighted by atomic mass is 16.2. The molecule has 1 aromatic carbocycles. The quantitative estimate of drug-likeness (QED) is 0.655. The average Bonchev–Trinajstić information content (AvgIpc) is 3.33. The van der Waals surface area contributed by atoms with Gasteiger partial charge in [-0.25, -0.2) is 0 Å². The summed E-state index contributed by atoms with van der Waals surface area (Å²) in [6.07, 6.45) is 6.96. The first-order valence-corrected chi connectivity index (χ1v) is 10.7. The third kappa shape index (κ3) is 2.87. The summed E-state index contributed by atoms with van der Waals surface area (Å²) in [5, 5.41) is 9.80. The van der Waals surface area contributed by atoms with Gasteiger partial charge in [-0.3, -0.25) is 19.0 Å². The summed E-state index contributed by atoms with van der Waals surface area (Å²) in [5.74, 6) is 0.255. The fourth-order valence-corrected chi connectivity index (χ4v) is 5.04. The van der Waals surface area contributed by atoms with E-state index in [1.165, 1.54) is 0 Å². The predicted molar refractivity (Wildman–Crippen MR) is 114 cm³/mol. The van der Waals surface area contributed by atoms with Crippen LogP contribution in [0.15, 0.2) is 30.6 Å². The van der Waals surface area contributed by atoms with E-state index in [1.54, 1.807) is 4.68 Å². The number of benzene rings is 1. The molecule has 0 radical (unpaired) electrons. The summed E-state index contributed by atoms with van der Waals surface area (Å²) in [5.41, 5.74) is 3.07. The zero-order chi connectivity index (χ0) is 21.0. The minimum absolute atomic E-state index is 0.0340. The maximum atomic E-state index is 13.5. The smallest absolute Gasteiger partial charge is 0.253 e. The molecule has 1 aliphatic carbocycles. The van der Waals surface area contributed by atoms with Gasteiger partial charge in [0.15, 0.2) is 5.78 Å². The Hall–Kier alpha value is -2.96. The zero-order valence-corrected chi connectivity index (χ0v) is 17.8. The number of rotatable bonds is 2. The molecule has 7 heteroatoms. The minimum Gasteiger partial charge on any atom is -0.339 e. The number of piperidine rings is 1. The van der Waals surface area contributed by atoms with Crippen LogP contribution >= 0.6 is 0 Å². The molecule has 3 heterocycles. The molecule has 0 saturated carbocycles. The number of aromatic nitrogens is 4. The van der Waals surface area contributed by atoms with Crippen LogP contribution in [0.25, 0.3) is 10.9 Å². The lowest BCUT2D eigenvalue weighted by Gasteiger charge is -2.43. The van der Waals surface area contributed by atoms with Gasteiger partial charge in [-0.1, -0.05) is 0 Å². The van der Waals surface area contributed by atoms with Gasteiger partial charge >= 0.3 is 0 Å². The number of hydrogen-bond acceptors (Lipinski definition) is 4. The van der Waals surface area contributed by atoms with Gasteiger partial charge < -0.3 is 4.90 Å². The molecule has 156 valence electrons. The summed E-state index contributed by atoms with van der Waals surface area (Å²) in [7, 11) is 1.88. The molecule has 7 nitrogen and oxygen atoms in total. The molecule has 1 amide bonds. The number of hydrogen-bond donors (Lipinski definition) is 0. The van der Waals surface area contributed by atoms with Crippen LogP contribution in [-0.4, -0.2) is 49.2 Å². The Kier molecular flexibility index (Phi) is 4.31. The largest absolute Gasteiger partial charge is 0.339 e. The molecule has 1 fully saturated rings. The standard InChI is InChI=1S/C23H27N5O2/c1-15(2)28-20-17(13-24-28)6-7-23(21(20)29)8-10-27(11-9-23)22(30)16-4-5-19-18(12-16)14-26(3)25-19/h4-5,12-15H,6-11H2,1-3H3. The monoisotopic (exact) mass is 405 g/mol. The first kappa shape index (κ1) is 19.0. The lowest BCUT2D eigenvalue weighted by molar-refractivity contribution is 0.0448. The Labute approximate surface area is 175 Å². The molecule has 30 heavy (non-hydrogen) atoms. The molecule has 3 aromatic rings. The van der Waals surface area contributed by atoms with Crippen molar-refractivity contribution in [2.45, 2.75) is 45.6 Å². The van der Waals surface area contributed by atoms with Crippen molar-refractivity contribution in [1.29, 1.82) is 0 Å². The van der Waals surface area contributed by atoms with Crippen molar-refractivity contribution in [3.63, 3.8) is 0 Å². The number of Topliss-reactive ketones (excluding diaryl/α,β-unsaturated/α-hetero) is 1. The van der Waals surface area contributed by atoms with Crippen LogP contribution in [0.1, 0.15) is 65.6 Å². The number of carbonyl (C=O) groups excluding carboxylic acids is 2. The van der Waals surface area contributed by atoms with Crippen molar-refractivity contribution in [2.75, 3.05) is 13.1 Å². The lowest BCUT2D eigenvalue weighted by atomic mass is 9.66. The maximum absolute atomic E-state index is 13.5. The fraction of sp³-hybridized carbons (Fsp3) is 0.478. The second kappa shape index (κ2) is 6.79. The number of carbonyl (C=O) groups is 2. The molecular formula is C23H27N5O2. The van der Waals surface area contributed by atoms with Crippen molar-refractivity contribution in [3.05, 3.63) is 47.4 Å². The van der Waals surface area contributed by atoms with E-state index in [-0.39, 0.29) is 23.1 Å². The molecule has 5 rings (SSSR count). The van der Waals surface area contributed by atoms with Gasteiger partial charge in [0.1, 0.15) is 5.69 Å². The Bertz CT molecular complexity index is 1150. The highest BCUT2D eigenvalue weighted by Gasteiger charge is 2.47. The number of ketones is 1. The molecule has 2 aromatic heterocycles. The topological polar surface area (TPSA) is 73.0 Å². The zero-order valence-electron chi connectivity index (χ0n) is 17.8. The van der Waals surface area contributed by atoms with Gasteiger partial charge in [0.05, 0.1) is 11.7 Å². The second-order valence-corrected chi connectivity index (χ2v) is 9.03. The van der Waals surface area contributed by atoms with Crippen LogP contribution in [0.2, 0.25) is 0 Å². The second-order valence-electron chi connectivity index (χ2n) is 9.03. The van der Waals surface area contributed by atoms with Crippen LogP contribution in [0.4, 0.5) is 0 Å². The summed E-state index contributed by atoms with van der Waals surface area (Å²) >= 11 is 0. The van der Waals surface area contributed by atoms with Gasteiger partial charge in [0, 0.05) is 54.3 Å². The fourth-order valence-electron chi connectivity index (χ4n) is 5.04.